The van der Waals surface area contributed by atoms with E-state index in [1.807, 2.05) is 30.3 Å². The molecule has 0 bridgehead atoms. The zero-order valence-corrected chi connectivity index (χ0v) is 13.6. The van der Waals surface area contributed by atoms with Gasteiger partial charge in [0.05, 0.1) is 7.11 Å². The number of benzene rings is 2. The first-order valence-electron chi connectivity index (χ1n) is 6.91. The SMILES string of the molecule is COc1ccc([C@H]2N(Cc3ccccc3)C(=O)[C@@]2(F)Br)cc1. The number of nitrogens with zero attached hydrogens (tertiary/aromatic N) is 1. The van der Waals surface area contributed by atoms with Crippen LogP contribution in [0.25, 0.3) is 0 Å². The van der Waals surface area contributed by atoms with Crippen molar-refractivity contribution in [2.75, 3.05) is 7.11 Å². The zero-order valence-electron chi connectivity index (χ0n) is 12.0. The minimum atomic E-state index is -2.05. The lowest BCUT2D eigenvalue weighted by atomic mass is 9.91. The number of rotatable bonds is 4. The van der Waals surface area contributed by atoms with E-state index in [0.717, 1.165) is 11.1 Å². The second kappa shape index (κ2) is 5.72. The van der Waals surface area contributed by atoms with Gasteiger partial charge in [0.25, 0.3) is 10.5 Å². The minimum Gasteiger partial charge on any atom is -0.497 e. The summed E-state index contributed by atoms with van der Waals surface area (Å²) >= 11 is 2.93. The molecule has 0 radical (unpaired) electrons. The molecule has 2 aromatic rings. The summed E-state index contributed by atoms with van der Waals surface area (Å²) in [4.78, 5) is 13.6. The predicted molar refractivity (Wildman–Crippen MR) is 85.5 cm³/mol. The second-order valence-electron chi connectivity index (χ2n) is 5.22. The first-order valence-corrected chi connectivity index (χ1v) is 7.70. The van der Waals surface area contributed by atoms with Crippen LogP contribution in [0.3, 0.4) is 0 Å². The number of amides is 1. The Bertz CT molecular complexity index is 673. The third-order valence-electron chi connectivity index (χ3n) is 3.83. The number of hydrogen-bond acceptors (Lipinski definition) is 2. The highest BCUT2D eigenvalue weighted by molar-refractivity contribution is 9.10. The fourth-order valence-corrected chi connectivity index (χ4v) is 3.41. The van der Waals surface area contributed by atoms with Crippen molar-refractivity contribution in [3.05, 3.63) is 65.7 Å². The van der Waals surface area contributed by atoms with Crippen molar-refractivity contribution in [3.8, 4) is 5.75 Å². The van der Waals surface area contributed by atoms with Crippen LogP contribution in [0.1, 0.15) is 17.2 Å². The maximum Gasteiger partial charge on any atom is 0.274 e. The highest BCUT2D eigenvalue weighted by Gasteiger charge is 2.61. The van der Waals surface area contributed by atoms with Crippen molar-refractivity contribution < 1.29 is 13.9 Å². The maximum atomic E-state index is 14.6. The molecule has 0 saturated carbocycles. The third-order valence-corrected chi connectivity index (χ3v) is 4.60. The average Bonchev–Trinajstić information content (AvgIpc) is 2.55. The van der Waals surface area contributed by atoms with E-state index in [1.165, 1.54) is 4.90 Å². The molecule has 0 N–H and O–H groups in total. The molecule has 2 aromatic carbocycles. The first-order chi connectivity index (χ1) is 10.5. The molecular formula is C17H15BrFNO2. The molecule has 3 rings (SSSR count). The van der Waals surface area contributed by atoms with Gasteiger partial charge in [0, 0.05) is 6.54 Å². The van der Waals surface area contributed by atoms with Gasteiger partial charge < -0.3 is 9.64 Å². The van der Waals surface area contributed by atoms with Crippen LogP contribution in [-0.4, -0.2) is 22.5 Å². The topological polar surface area (TPSA) is 29.5 Å². The lowest BCUT2D eigenvalue weighted by Gasteiger charge is -2.48. The summed E-state index contributed by atoms with van der Waals surface area (Å²) in [7, 11) is 1.58. The van der Waals surface area contributed by atoms with E-state index in [2.05, 4.69) is 15.9 Å². The summed E-state index contributed by atoms with van der Waals surface area (Å²) < 4.78 is 17.6. The fourth-order valence-electron chi connectivity index (χ4n) is 2.67. The van der Waals surface area contributed by atoms with Crippen molar-refractivity contribution in [3.63, 3.8) is 0 Å². The monoisotopic (exact) mass is 363 g/mol. The first kappa shape index (κ1) is 15.0. The van der Waals surface area contributed by atoms with Crippen molar-refractivity contribution in [1.82, 2.24) is 4.90 Å². The van der Waals surface area contributed by atoms with Gasteiger partial charge >= 0.3 is 0 Å². The smallest absolute Gasteiger partial charge is 0.274 e. The minimum absolute atomic E-state index is 0.383. The van der Waals surface area contributed by atoms with E-state index < -0.39 is 16.5 Å². The lowest BCUT2D eigenvalue weighted by Crippen LogP contribution is -2.62. The zero-order chi connectivity index (χ0) is 15.7. The van der Waals surface area contributed by atoms with Crippen LogP contribution >= 0.6 is 15.9 Å². The Morgan fingerprint density at radius 1 is 1.18 bits per heavy atom. The molecule has 5 heteroatoms. The highest BCUT2D eigenvalue weighted by atomic mass is 79.9. The van der Waals surface area contributed by atoms with Gasteiger partial charge in [-0.1, -0.05) is 42.5 Å². The van der Waals surface area contributed by atoms with Gasteiger partial charge in [-0.25, -0.2) is 4.39 Å². The molecule has 0 aliphatic carbocycles. The van der Waals surface area contributed by atoms with Crippen LogP contribution in [0.2, 0.25) is 0 Å². The van der Waals surface area contributed by atoms with Gasteiger partial charge in [-0.2, -0.15) is 0 Å². The molecular weight excluding hydrogens is 349 g/mol. The molecule has 1 fully saturated rings. The van der Waals surface area contributed by atoms with Crippen LogP contribution < -0.4 is 4.74 Å². The average molecular weight is 364 g/mol. The Balaban J connectivity index is 1.87. The number of alkyl halides is 2. The van der Waals surface area contributed by atoms with Crippen molar-refractivity contribution in [1.29, 1.82) is 0 Å². The summed E-state index contributed by atoms with van der Waals surface area (Å²) in [6, 6.07) is 16.0. The van der Waals surface area contributed by atoms with E-state index in [0.29, 0.717) is 12.3 Å². The number of carbonyl (C=O) groups is 1. The Kier molecular flexibility index (Phi) is 3.91. The van der Waals surface area contributed by atoms with Crippen LogP contribution in [0, 0.1) is 0 Å². The lowest BCUT2D eigenvalue weighted by molar-refractivity contribution is -0.164. The normalized spacial score (nSPS) is 24.0. The standard InChI is InChI=1S/C17H15BrFNO2/c1-22-14-9-7-13(8-10-14)15-17(18,19)16(21)20(15)11-12-5-3-2-4-6-12/h2-10,15H,11H2,1H3/t15-,17-/m1/s1. The summed E-state index contributed by atoms with van der Waals surface area (Å²) in [5.41, 5.74) is 1.70. The van der Waals surface area contributed by atoms with E-state index in [9.17, 15) is 9.18 Å². The van der Waals surface area contributed by atoms with Gasteiger partial charge in [0.1, 0.15) is 11.8 Å². The maximum absolute atomic E-state index is 14.6. The van der Waals surface area contributed by atoms with Crippen LogP contribution in [0.4, 0.5) is 4.39 Å². The molecule has 3 nitrogen and oxygen atoms in total. The molecule has 0 spiro atoms. The number of likely N-dealkylation sites (tertiary alicyclic amines) is 1. The molecule has 1 amide bonds. The Morgan fingerprint density at radius 3 is 2.41 bits per heavy atom. The van der Waals surface area contributed by atoms with Gasteiger partial charge in [0.15, 0.2) is 0 Å². The third kappa shape index (κ3) is 2.50. The number of carbonyl (C=O) groups excluding carboxylic acids is 1. The Hall–Kier alpha value is -1.88. The van der Waals surface area contributed by atoms with E-state index in [1.54, 1.807) is 31.4 Å². The number of β-lactam (4-membered cyclic amide) rings is 1. The molecule has 0 aromatic heterocycles. The molecule has 22 heavy (non-hydrogen) atoms. The summed E-state index contributed by atoms with van der Waals surface area (Å²) in [5, 5.41) is 0. The van der Waals surface area contributed by atoms with E-state index in [4.69, 9.17) is 4.74 Å². The summed E-state index contributed by atoms with van der Waals surface area (Å²) in [6.07, 6.45) is 0. The quantitative estimate of drug-likeness (QED) is 0.610. The van der Waals surface area contributed by atoms with Crippen LogP contribution in [-0.2, 0) is 11.3 Å². The molecule has 1 saturated heterocycles. The van der Waals surface area contributed by atoms with Gasteiger partial charge in [-0.05, 0) is 39.2 Å². The Morgan fingerprint density at radius 2 is 1.82 bits per heavy atom. The van der Waals surface area contributed by atoms with Crippen LogP contribution in [0.15, 0.2) is 54.6 Å². The Labute approximate surface area is 136 Å². The van der Waals surface area contributed by atoms with Gasteiger partial charge in [0.2, 0.25) is 0 Å². The molecule has 1 heterocycles. The van der Waals surface area contributed by atoms with Crippen molar-refractivity contribution in [2.24, 2.45) is 0 Å². The number of hydrogen-bond donors (Lipinski definition) is 0. The van der Waals surface area contributed by atoms with Crippen molar-refractivity contribution >= 4 is 21.8 Å². The summed E-state index contributed by atoms with van der Waals surface area (Å²) in [5.74, 6) is 0.153. The highest BCUT2D eigenvalue weighted by Crippen LogP contribution is 2.51. The number of ether oxygens (including phenoxy) is 1. The largest absolute Gasteiger partial charge is 0.497 e. The predicted octanol–water partition coefficient (Wildman–Crippen LogP) is 3.84. The molecule has 2 atom stereocenters. The number of methoxy groups -OCH3 is 1. The molecule has 1 aliphatic rings. The second-order valence-corrected chi connectivity index (χ2v) is 6.37. The molecule has 1 aliphatic heterocycles. The molecule has 114 valence electrons. The number of halogens is 2. The van der Waals surface area contributed by atoms with E-state index >= 15 is 0 Å². The fraction of sp³-hybridized carbons (Fsp3) is 0.235. The van der Waals surface area contributed by atoms with Crippen molar-refractivity contribution in [2.45, 2.75) is 17.2 Å². The van der Waals surface area contributed by atoms with Gasteiger partial charge in [-0.3, -0.25) is 4.79 Å². The van der Waals surface area contributed by atoms with E-state index in [-0.39, 0.29) is 0 Å². The van der Waals surface area contributed by atoms with Crippen LogP contribution in [0.5, 0.6) is 5.75 Å². The van der Waals surface area contributed by atoms with Gasteiger partial charge in [-0.15, -0.1) is 0 Å². The summed E-state index contributed by atoms with van der Waals surface area (Å²) in [6.45, 7) is 0.383. The molecule has 0 unspecified atom stereocenters.